The predicted molar refractivity (Wildman–Crippen MR) is 110 cm³/mol. The Morgan fingerprint density at radius 3 is 2.58 bits per heavy atom. The highest BCUT2D eigenvalue weighted by Crippen LogP contribution is 2.47. The second-order valence-electron chi connectivity index (χ2n) is 7.80. The van der Waals surface area contributed by atoms with Crippen LogP contribution in [0.4, 0.5) is 5.69 Å². The Labute approximate surface area is 177 Å². The first-order valence-electron chi connectivity index (χ1n) is 10.0. The maximum absolute atomic E-state index is 13.6. The Bertz CT molecular complexity index is 1170. The van der Waals surface area contributed by atoms with Gasteiger partial charge in [0.1, 0.15) is 6.04 Å². The monoisotopic (exact) mass is 415 g/mol. The highest BCUT2D eigenvalue weighted by molar-refractivity contribution is 6.24. The van der Waals surface area contributed by atoms with Crippen molar-refractivity contribution in [2.45, 2.75) is 12.1 Å². The normalized spacial score (nSPS) is 27.6. The first-order valence-corrected chi connectivity index (χ1v) is 10.0. The molecule has 0 N–H and O–H groups in total. The smallest absolute Gasteiger partial charge is 0.240 e. The number of carbonyl (C=O) groups excluding carboxylic acids is 3. The maximum atomic E-state index is 13.6. The quantitative estimate of drug-likeness (QED) is 0.563. The Morgan fingerprint density at radius 2 is 1.74 bits per heavy atom. The molecule has 154 valence electrons. The molecule has 4 aliphatic heterocycles. The zero-order chi connectivity index (χ0) is 21.1. The van der Waals surface area contributed by atoms with Crippen molar-refractivity contribution in [1.82, 2.24) is 5.01 Å². The molecule has 2 fully saturated rings. The number of amides is 2. The maximum Gasteiger partial charge on any atom is 0.240 e. The van der Waals surface area contributed by atoms with Gasteiger partial charge in [-0.15, -0.1) is 0 Å². The molecule has 0 radical (unpaired) electrons. The highest BCUT2D eigenvalue weighted by Gasteiger charge is 2.64. The van der Waals surface area contributed by atoms with Gasteiger partial charge in [-0.25, -0.2) is 4.90 Å². The molecule has 8 heteroatoms. The summed E-state index contributed by atoms with van der Waals surface area (Å²) in [5, 5.41) is 5.97. The molecule has 0 aromatic heterocycles. The van der Waals surface area contributed by atoms with E-state index in [4.69, 9.17) is 9.47 Å². The molecule has 0 bridgehead atoms. The van der Waals surface area contributed by atoms with E-state index in [9.17, 15) is 14.4 Å². The van der Waals surface area contributed by atoms with Crippen LogP contribution in [-0.4, -0.2) is 47.7 Å². The average Bonchev–Trinajstić information content (AvgIpc) is 3.47. The van der Waals surface area contributed by atoms with Crippen molar-refractivity contribution in [3.63, 3.8) is 0 Å². The van der Waals surface area contributed by atoms with Crippen LogP contribution in [0.3, 0.4) is 0 Å². The number of hydrazone groups is 1. The van der Waals surface area contributed by atoms with Crippen LogP contribution >= 0.6 is 0 Å². The van der Waals surface area contributed by atoms with Crippen LogP contribution in [0.15, 0.2) is 65.8 Å². The van der Waals surface area contributed by atoms with Gasteiger partial charge in [0, 0.05) is 17.8 Å². The summed E-state index contributed by atoms with van der Waals surface area (Å²) < 4.78 is 10.7. The van der Waals surface area contributed by atoms with Gasteiger partial charge >= 0.3 is 0 Å². The van der Waals surface area contributed by atoms with Crippen LogP contribution in [0.2, 0.25) is 0 Å². The molecule has 4 atom stereocenters. The molecule has 4 aliphatic rings. The van der Waals surface area contributed by atoms with E-state index in [-0.39, 0.29) is 18.5 Å². The number of nitrogens with zero attached hydrogens (tertiary/aromatic N) is 3. The molecular formula is C23H17N3O5. The van der Waals surface area contributed by atoms with Gasteiger partial charge in [0.05, 0.1) is 23.6 Å². The molecule has 0 unspecified atom stereocenters. The summed E-state index contributed by atoms with van der Waals surface area (Å²) in [6.45, 7) is 0.0966. The third-order valence-electron chi connectivity index (χ3n) is 6.23. The number of hydrogen-bond acceptors (Lipinski definition) is 7. The number of anilines is 1. The molecule has 2 saturated heterocycles. The lowest BCUT2D eigenvalue weighted by Gasteiger charge is -2.30. The number of rotatable bonds is 3. The third kappa shape index (κ3) is 2.48. The van der Waals surface area contributed by atoms with E-state index >= 15 is 0 Å². The van der Waals surface area contributed by atoms with Crippen molar-refractivity contribution < 1.29 is 23.9 Å². The minimum atomic E-state index is -0.853. The van der Waals surface area contributed by atoms with Crippen LogP contribution in [-0.2, 0) is 9.59 Å². The van der Waals surface area contributed by atoms with E-state index in [2.05, 4.69) is 5.10 Å². The van der Waals surface area contributed by atoms with E-state index in [1.807, 2.05) is 12.1 Å². The summed E-state index contributed by atoms with van der Waals surface area (Å²) in [4.78, 5) is 41.6. The van der Waals surface area contributed by atoms with Crippen LogP contribution in [0.1, 0.15) is 10.4 Å². The van der Waals surface area contributed by atoms with Crippen molar-refractivity contribution in [3.8, 4) is 11.5 Å². The van der Waals surface area contributed by atoms with Crippen molar-refractivity contribution in [2.24, 2.45) is 16.9 Å². The average molecular weight is 415 g/mol. The standard InChI is InChI=1S/C23H17N3O5/c27-21(13-5-2-1-3-6-13)20-19-18(15-7-4-10-24-26(15)20)22(28)25(23(19)29)14-8-9-16-17(11-14)31-12-30-16/h1-11,15,18-20H,12H2/t15-,18+,19+,20-/m1/s1. The number of ether oxygens (including phenoxy) is 2. The van der Waals surface area contributed by atoms with Crippen molar-refractivity contribution in [3.05, 3.63) is 66.2 Å². The number of imide groups is 1. The highest BCUT2D eigenvalue weighted by atomic mass is 16.7. The van der Waals surface area contributed by atoms with E-state index in [0.29, 0.717) is 22.7 Å². The van der Waals surface area contributed by atoms with Crippen LogP contribution in [0.5, 0.6) is 11.5 Å². The van der Waals surface area contributed by atoms with Crippen LogP contribution in [0.25, 0.3) is 0 Å². The zero-order valence-electron chi connectivity index (χ0n) is 16.3. The summed E-state index contributed by atoms with van der Waals surface area (Å²) in [5.74, 6) is -1.43. The molecule has 0 saturated carbocycles. The van der Waals surface area contributed by atoms with Gasteiger partial charge in [-0.2, -0.15) is 5.10 Å². The lowest BCUT2D eigenvalue weighted by Crippen LogP contribution is -2.46. The number of Topliss-reactive ketones (excluding diaryl/α,β-unsaturated/α-hetero) is 1. The van der Waals surface area contributed by atoms with Crippen LogP contribution in [0, 0.1) is 11.8 Å². The Balaban J connectivity index is 1.42. The minimum absolute atomic E-state index is 0.0966. The van der Waals surface area contributed by atoms with Gasteiger partial charge in [-0.3, -0.25) is 19.4 Å². The predicted octanol–water partition coefficient (Wildman–Crippen LogP) is 2.01. The lowest BCUT2D eigenvalue weighted by atomic mass is 9.86. The summed E-state index contributed by atoms with van der Waals surface area (Å²) in [5.41, 5.74) is 0.896. The van der Waals surface area contributed by atoms with Gasteiger partial charge in [0.25, 0.3) is 0 Å². The summed E-state index contributed by atoms with van der Waals surface area (Å²) in [6, 6.07) is 12.5. The van der Waals surface area contributed by atoms with Crippen molar-refractivity contribution in [1.29, 1.82) is 0 Å². The number of carbonyl (C=O) groups is 3. The molecule has 0 aliphatic carbocycles. The molecule has 2 aromatic rings. The summed E-state index contributed by atoms with van der Waals surface area (Å²) in [6.07, 6.45) is 5.15. The zero-order valence-corrected chi connectivity index (χ0v) is 16.3. The summed E-state index contributed by atoms with van der Waals surface area (Å²) in [7, 11) is 0. The summed E-state index contributed by atoms with van der Waals surface area (Å²) >= 11 is 0. The first kappa shape index (κ1) is 17.9. The fourth-order valence-electron chi connectivity index (χ4n) is 4.89. The molecular weight excluding hydrogens is 398 g/mol. The Hall–Kier alpha value is -3.94. The molecule has 2 amide bonds. The second-order valence-corrected chi connectivity index (χ2v) is 7.80. The SMILES string of the molecule is O=C(c1ccccc1)[C@H]1[C@H]2C(=O)N(c3ccc4c(c3)OCO4)C(=O)[C@H]2[C@H]2C=CC=NN21. The van der Waals surface area contributed by atoms with Gasteiger partial charge < -0.3 is 9.47 Å². The topological polar surface area (TPSA) is 88.5 Å². The molecule has 6 rings (SSSR count). The molecule has 8 nitrogen and oxygen atoms in total. The number of benzene rings is 2. The van der Waals surface area contributed by atoms with Crippen LogP contribution < -0.4 is 14.4 Å². The lowest BCUT2D eigenvalue weighted by molar-refractivity contribution is -0.123. The van der Waals surface area contributed by atoms with E-state index in [1.54, 1.807) is 59.8 Å². The van der Waals surface area contributed by atoms with Gasteiger partial charge in [-0.1, -0.05) is 36.4 Å². The van der Waals surface area contributed by atoms with E-state index < -0.39 is 29.8 Å². The number of allylic oxidation sites excluding steroid dienone is 1. The van der Waals surface area contributed by atoms with E-state index in [0.717, 1.165) is 0 Å². The largest absolute Gasteiger partial charge is 0.454 e. The fraction of sp³-hybridized carbons (Fsp3) is 0.217. The third-order valence-corrected chi connectivity index (χ3v) is 6.23. The van der Waals surface area contributed by atoms with Gasteiger partial charge in [0.2, 0.25) is 18.6 Å². The Morgan fingerprint density at radius 1 is 0.968 bits per heavy atom. The number of hydrogen-bond donors (Lipinski definition) is 0. The Kier molecular flexibility index (Phi) is 3.77. The molecule has 31 heavy (non-hydrogen) atoms. The second kappa shape index (κ2) is 6.53. The number of fused-ring (bicyclic) bond motifs is 4. The van der Waals surface area contributed by atoms with E-state index in [1.165, 1.54) is 4.90 Å². The van der Waals surface area contributed by atoms with Crippen molar-refractivity contribution in [2.75, 3.05) is 11.7 Å². The minimum Gasteiger partial charge on any atom is -0.454 e. The molecule has 2 aromatic carbocycles. The van der Waals surface area contributed by atoms with Crippen molar-refractivity contribution >= 4 is 29.5 Å². The molecule has 0 spiro atoms. The first-order chi connectivity index (χ1) is 15.1. The van der Waals surface area contributed by atoms with Gasteiger partial charge in [-0.05, 0) is 18.2 Å². The number of ketones is 1. The fourth-order valence-corrected chi connectivity index (χ4v) is 4.89. The van der Waals surface area contributed by atoms with Gasteiger partial charge in [0.15, 0.2) is 17.3 Å². The molecule has 4 heterocycles.